The largest absolute Gasteiger partial charge is 0.444 e. The lowest BCUT2D eigenvalue weighted by molar-refractivity contribution is -0.131. The Hall–Kier alpha value is -3.97. The van der Waals surface area contributed by atoms with Crippen LogP contribution in [-0.4, -0.2) is 101 Å². The molecular weight excluding hydrogens is 614 g/mol. The number of hydrogen-bond acceptors (Lipinski definition) is 8. The van der Waals surface area contributed by atoms with Gasteiger partial charge in [-0.15, -0.1) is 0 Å². The van der Waals surface area contributed by atoms with Gasteiger partial charge in [0, 0.05) is 31.3 Å². The molecule has 2 aromatic rings. The summed E-state index contributed by atoms with van der Waals surface area (Å²) in [5, 5.41) is 22.7. The van der Waals surface area contributed by atoms with Crippen LogP contribution < -0.4 is 21.3 Å². The van der Waals surface area contributed by atoms with Crippen molar-refractivity contribution in [3.63, 3.8) is 0 Å². The molecule has 0 unspecified atom stereocenters. The van der Waals surface area contributed by atoms with Crippen LogP contribution in [0.15, 0.2) is 42.9 Å². The zero-order valence-corrected chi connectivity index (χ0v) is 29.1. The van der Waals surface area contributed by atoms with Gasteiger partial charge in [-0.3, -0.25) is 14.4 Å². The van der Waals surface area contributed by atoms with E-state index in [1.807, 2.05) is 30.3 Å². The zero-order valence-electron chi connectivity index (χ0n) is 29.1. The fourth-order valence-corrected chi connectivity index (χ4v) is 5.89. The topological polar surface area (TPSA) is 178 Å². The fraction of sp³-hybridized carbons (Fsp3) is 0.629. The van der Waals surface area contributed by atoms with Gasteiger partial charge in [-0.1, -0.05) is 62.4 Å². The quantitative estimate of drug-likeness (QED) is 0.149. The maximum absolute atomic E-state index is 14.0. The van der Waals surface area contributed by atoms with E-state index in [4.69, 9.17) is 4.74 Å². The molecule has 6 N–H and O–H groups in total. The van der Waals surface area contributed by atoms with E-state index in [1.54, 1.807) is 46.0 Å². The first-order valence-electron chi connectivity index (χ1n) is 17.0. The van der Waals surface area contributed by atoms with Crippen molar-refractivity contribution in [2.24, 2.45) is 5.92 Å². The lowest BCUT2D eigenvalue weighted by Gasteiger charge is -2.32. The van der Waals surface area contributed by atoms with Crippen molar-refractivity contribution in [1.29, 1.82) is 0 Å². The van der Waals surface area contributed by atoms with Crippen LogP contribution in [0.25, 0.3) is 0 Å². The van der Waals surface area contributed by atoms with Gasteiger partial charge in [-0.05, 0) is 59.2 Å². The minimum Gasteiger partial charge on any atom is -0.444 e. The molecule has 266 valence electrons. The first-order chi connectivity index (χ1) is 22.8. The summed E-state index contributed by atoms with van der Waals surface area (Å²) in [4.78, 5) is 61.6. The number of nitrogens with one attached hydrogen (secondary N) is 5. The second-order valence-electron chi connectivity index (χ2n) is 14.0. The molecule has 13 nitrogen and oxygen atoms in total. The summed E-state index contributed by atoms with van der Waals surface area (Å²) in [5.74, 6) is -0.828. The molecule has 3 rings (SSSR count). The molecule has 48 heavy (non-hydrogen) atoms. The Morgan fingerprint density at radius 2 is 1.65 bits per heavy atom. The number of imidazole rings is 1. The number of likely N-dealkylation sites (N-methyl/N-ethyl adjacent to an activating group) is 1. The van der Waals surface area contributed by atoms with Crippen LogP contribution in [0.2, 0.25) is 0 Å². The third-order valence-electron chi connectivity index (χ3n) is 8.23. The van der Waals surface area contributed by atoms with E-state index < -0.39 is 47.7 Å². The number of alkyl carbamates (subject to hydrolysis) is 1. The molecule has 4 atom stereocenters. The molecule has 1 fully saturated rings. The van der Waals surface area contributed by atoms with Crippen LogP contribution in [0.1, 0.15) is 77.0 Å². The number of nitrogens with zero attached hydrogens (tertiary/aromatic N) is 2. The maximum atomic E-state index is 14.0. The number of aromatic nitrogens is 2. The van der Waals surface area contributed by atoms with E-state index in [0.717, 1.165) is 31.2 Å². The van der Waals surface area contributed by atoms with Crippen LogP contribution >= 0.6 is 0 Å². The highest BCUT2D eigenvalue weighted by molar-refractivity contribution is 5.91. The van der Waals surface area contributed by atoms with Crippen molar-refractivity contribution < 1.29 is 29.0 Å². The molecule has 4 amide bonds. The Morgan fingerprint density at radius 1 is 0.979 bits per heavy atom. The highest BCUT2D eigenvalue weighted by Crippen LogP contribution is 2.28. The van der Waals surface area contributed by atoms with Crippen molar-refractivity contribution in [1.82, 2.24) is 36.1 Å². The summed E-state index contributed by atoms with van der Waals surface area (Å²) in [5.41, 5.74) is 0.671. The summed E-state index contributed by atoms with van der Waals surface area (Å²) >= 11 is 0. The van der Waals surface area contributed by atoms with Gasteiger partial charge in [-0.25, -0.2) is 9.78 Å². The molecule has 1 heterocycles. The molecule has 1 aromatic heterocycles. The van der Waals surface area contributed by atoms with E-state index in [-0.39, 0.29) is 38.3 Å². The number of aliphatic hydroxyl groups excluding tert-OH is 1. The monoisotopic (exact) mass is 669 g/mol. The van der Waals surface area contributed by atoms with Gasteiger partial charge in [0.25, 0.3) is 0 Å². The molecule has 1 aromatic carbocycles. The standard InChI is InChI=1S/C35H55N7O6/c1-35(2,3)48-34(47)41-28(19-25-14-10-7-11-15-25)32(45)40-29(20-26-21-36-23-38-26)33(46)39-27(18-24-12-8-6-9-13-24)30(43)16-17-37-31(44)22-42(4)5/h7,10-11,14-15,21,23-24,27-30,43H,6,8-9,12-13,16-20,22H2,1-5H3,(H,36,38)(H,37,44)(H,39,46)(H,40,45)(H,41,47)/t27-,28-,29-,30-/m0/s1. The fourth-order valence-electron chi connectivity index (χ4n) is 5.89. The number of ether oxygens (including phenoxy) is 1. The second-order valence-corrected chi connectivity index (χ2v) is 14.0. The summed E-state index contributed by atoms with van der Waals surface area (Å²) in [6.45, 7) is 5.70. The van der Waals surface area contributed by atoms with Crippen molar-refractivity contribution in [2.75, 3.05) is 27.2 Å². The predicted molar refractivity (Wildman–Crippen MR) is 183 cm³/mol. The molecule has 1 aliphatic rings. The van der Waals surface area contributed by atoms with Crippen molar-refractivity contribution >= 4 is 23.8 Å². The number of aromatic amines is 1. The third-order valence-corrected chi connectivity index (χ3v) is 8.23. The van der Waals surface area contributed by atoms with Crippen LogP contribution in [0.5, 0.6) is 0 Å². The Labute approximate surface area is 284 Å². The van der Waals surface area contributed by atoms with E-state index in [2.05, 4.69) is 31.2 Å². The van der Waals surface area contributed by atoms with Crippen LogP contribution in [0.4, 0.5) is 4.79 Å². The van der Waals surface area contributed by atoms with Gasteiger partial charge in [0.1, 0.15) is 17.7 Å². The van der Waals surface area contributed by atoms with Gasteiger partial charge in [0.2, 0.25) is 17.7 Å². The smallest absolute Gasteiger partial charge is 0.408 e. The van der Waals surface area contributed by atoms with Crippen LogP contribution in [-0.2, 0) is 32.0 Å². The summed E-state index contributed by atoms with van der Waals surface area (Å²) in [6.07, 6.45) is 7.95. The van der Waals surface area contributed by atoms with Crippen molar-refractivity contribution in [2.45, 2.75) is 108 Å². The number of H-pyrrole nitrogens is 1. The van der Waals surface area contributed by atoms with Gasteiger partial charge >= 0.3 is 6.09 Å². The molecule has 0 aliphatic heterocycles. The van der Waals surface area contributed by atoms with E-state index in [1.165, 1.54) is 12.7 Å². The minimum atomic E-state index is -1.04. The lowest BCUT2D eigenvalue weighted by atomic mass is 9.83. The lowest BCUT2D eigenvalue weighted by Crippen LogP contribution is -2.57. The molecule has 1 aliphatic carbocycles. The zero-order chi connectivity index (χ0) is 35.1. The number of amides is 4. The van der Waals surface area contributed by atoms with Gasteiger partial charge in [-0.2, -0.15) is 0 Å². The Morgan fingerprint density at radius 3 is 2.27 bits per heavy atom. The molecule has 0 saturated heterocycles. The number of hydrogen-bond donors (Lipinski definition) is 6. The summed E-state index contributed by atoms with van der Waals surface area (Å²) in [7, 11) is 3.61. The number of carbonyl (C=O) groups excluding carboxylic acids is 4. The van der Waals surface area contributed by atoms with Gasteiger partial charge in [0.05, 0.1) is 25.0 Å². The molecule has 13 heteroatoms. The van der Waals surface area contributed by atoms with E-state index >= 15 is 0 Å². The van der Waals surface area contributed by atoms with Crippen LogP contribution in [0, 0.1) is 5.92 Å². The molecule has 1 saturated carbocycles. The summed E-state index contributed by atoms with van der Waals surface area (Å²) < 4.78 is 5.43. The number of aliphatic hydroxyl groups is 1. The van der Waals surface area contributed by atoms with E-state index in [9.17, 15) is 24.3 Å². The van der Waals surface area contributed by atoms with E-state index in [0.29, 0.717) is 18.0 Å². The Bertz CT molecular complexity index is 1280. The normalized spacial score (nSPS) is 16.3. The number of benzene rings is 1. The third kappa shape index (κ3) is 14.4. The number of rotatable bonds is 17. The maximum Gasteiger partial charge on any atom is 0.408 e. The highest BCUT2D eigenvalue weighted by Gasteiger charge is 2.32. The first-order valence-corrected chi connectivity index (χ1v) is 17.0. The van der Waals surface area contributed by atoms with Crippen molar-refractivity contribution in [3.8, 4) is 0 Å². The summed E-state index contributed by atoms with van der Waals surface area (Å²) in [6, 6.07) is 6.59. The molecule has 0 spiro atoms. The molecular formula is C35H55N7O6. The first kappa shape index (κ1) is 38.5. The van der Waals surface area contributed by atoms with Gasteiger partial charge in [0.15, 0.2) is 0 Å². The van der Waals surface area contributed by atoms with Crippen molar-refractivity contribution in [3.05, 3.63) is 54.1 Å². The highest BCUT2D eigenvalue weighted by atomic mass is 16.6. The minimum absolute atomic E-state index is 0.106. The van der Waals surface area contributed by atoms with Gasteiger partial charge < -0.3 is 41.0 Å². The van der Waals surface area contributed by atoms with Crippen LogP contribution in [0.3, 0.4) is 0 Å². The average molecular weight is 670 g/mol. The number of carbonyl (C=O) groups is 4. The molecule has 0 radical (unpaired) electrons. The predicted octanol–water partition coefficient (Wildman–Crippen LogP) is 2.46. The second kappa shape index (κ2) is 19.1. The average Bonchev–Trinajstić information content (AvgIpc) is 3.53. The Kier molecular flexibility index (Phi) is 15.3. The SMILES string of the molecule is CN(C)CC(=O)NCC[C@H](O)[C@H](CC1CCCCC1)NC(=O)[C@H](Cc1cnc[nH]1)NC(=O)[C@H](Cc1ccccc1)NC(=O)OC(C)(C)C. The molecule has 0 bridgehead atoms. The Balaban J connectivity index is 1.78.